The van der Waals surface area contributed by atoms with Crippen molar-refractivity contribution in [3.05, 3.63) is 0 Å². The molecule has 0 amide bonds. The van der Waals surface area contributed by atoms with Crippen molar-refractivity contribution >= 4 is 17.7 Å². The van der Waals surface area contributed by atoms with Crippen LogP contribution in [0.5, 0.6) is 0 Å². The van der Waals surface area contributed by atoms with Crippen molar-refractivity contribution < 1.29 is 22.1 Å². The molecule has 0 aromatic carbocycles. The van der Waals surface area contributed by atoms with E-state index in [1.54, 1.807) is 21.3 Å². The quantitative estimate of drug-likeness (QED) is 0.285. The molecule has 4 N–H and O–H groups in total. The monoisotopic (exact) mass is 383 g/mol. The fourth-order valence-electron chi connectivity index (χ4n) is 2.62. The Balaban J connectivity index is 5.20. The third-order valence-electron chi connectivity index (χ3n) is 3.82. The lowest BCUT2D eigenvalue weighted by molar-refractivity contribution is 0.102. The minimum absolute atomic E-state index is 0.165. The Bertz CT molecular complexity index is 311. The summed E-state index contributed by atoms with van der Waals surface area (Å²) >= 11 is 0. The molecule has 2 unspecified atom stereocenters. The first kappa shape index (κ1) is 24.1. The normalized spacial score (nSPS) is 15.5. The smallest absolute Gasteiger partial charge is 0.383 e. The second-order valence-electron chi connectivity index (χ2n) is 5.54. The Morgan fingerprint density at radius 3 is 1.79 bits per heavy atom. The molecule has 0 rings (SSSR count). The predicted octanol–water partition coefficient (Wildman–Crippen LogP) is 1.03. The molecule has 0 bridgehead atoms. The van der Waals surface area contributed by atoms with Crippen LogP contribution in [-0.2, 0) is 22.1 Å². The van der Waals surface area contributed by atoms with Crippen LogP contribution in [0.1, 0.15) is 40.5 Å². The molecule has 0 fully saturated rings. The average molecular weight is 384 g/mol. The van der Waals surface area contributed by atoms with Gasteiger partial charge in [-0.3, -0.25) is 9.96 Å². The molecule has 0 radical (unpaired) electrons. The van der Waals surface area contributed by atoms with Crippen LogP contribution in [0.15, 0.2) is 0 Å². The van der Waals surface area contributed by atoms with Gasteiger partial charge in [0.2, 0.25) is 0 Å². The van der Waals surface area contributed by atoms with Crippen molar-refractivity contribution in [3.8, 4) is 0 Å². The van der Waals surface area contributed by atoms with Gasteiger partial charge in [-0.15, -0.1) is 0 Å². The van der Waals surface area contributed by atoms with Crippen LogP contribution in [0.3, 0.4) is 0 Å². The summed E-state index contributed by atoms with van der Waals surface area (Å²) < 4.78 is 28.5. The zero-order valence-corrected chi connectivity index (χ0v) is 18.3. The Morgan fingerprint density at radius 2 is 1.42 bits per heavy atom. The minimum atomic E-state index is -2.91. The SMILES string of the molecule is CCO[Si](NC(C)N[Si](OC)(OC)OC)(OCC)C(C)CCCN. The summed E-state index contributed by atoms with van der Waals surface area (Å²) in [6.07, 6.45) is 1.72. The molecule has 10 heteroatoms. The van der Waals surface area contributed by atoms with Gasteiger partial charge in [0.05, 0.1) is 6.17 Å². The van der Waals surface area contributed by atoms with Crippen LogP contribution in [0.2, 0.25) is 5.54 Å². The fourth-order valence-corrected chi connectivity index (χ4v) is 7.45. The van der Waals surface area contributed by atoms with Crippen LogP contribution < -0.4 is 15.7 Å². The van der Waals surface area contributed by atoms with E-state index in [9.17, 15) is 0 Å². The lowest BCUT2D eigenvalue weighted by Gasteiger charge is -2.39. The van der Waals surface area contributed by atoms with E-state index in [0.29, 0.717) is 19.8 Å². The Morgan fingerprint density at radius 1 is 0.917 bits per heavy atom. The van der Waals surface area contributed by atoms with Crippen molar-refractivity contribution in [2.45, 2.75) is 52.2 Å². The van der Waals surface area contributed by atoms with E-state index >= 15 is 0 Å². The maximum Gasteiger partial charge on any atom is 0.597 e. The molecule has 0 aliphatic rings. The lowest BCUT2D eigenvalue weighted by Crippen LogP contribution is -2.70. The zero-order chi connectivity index (χ0) is 18.6. The largest absolute Gasteiger partial charge is 0.597 e. The molecule has 0 aliphatic heterocycles. The van der Waals surface area contributed by atoms with Crippen molar-refractivity contribution in [1.29, 1.82) is 0 Å². The van der Waals surface area contributed by atoms with Gasteiger partial charge in [-0.2, -0.15) is 0 Å². The fraction of sp³-hybridized carbons (Fsp3) is 1.00. The summed E-state index contributed by atoms with van der Waals surface area (Å²) in [5, 5.41) is 0. The van der Waals surface area contributed by atoms with Gasteiger partial charge in [-0.05, 0) is 40.2 Å². The molecule has 0 aromatic rings. The van der Waals surface area contributed by atoms with Crippen LogP contribution in [-0.4, -0.2) is 64.9 Å². The Hall–Kier alpha value is 0.114. The van der Waals surface area contributed by atoms with Crippen molar-refractivity contribution in [1.82, 2.24) is 9.96 Å². The highest BCUT2D eigenvalue weighted by atomic mass is 28.4. The van der Waals surface area contributed by atoms with Gasteiger partial charge in [0.15, 0.2) is 0 Å². The summed E-state index contributed by atoms with van der Waals surface area (Å²) in [5.74, 6) is 0. The minimum Gasteiger partial charge on any atom is -0.383 e. The summed E-state index contributed by atoms with van der Waals surface area (Å²) in [4.78, 5) is 6.81. The van der Waals surface area contributed by atoms with Gasteiger partial charge in [0, 0.05) is 40.1 Å². The second kappa shape index (κ2) is 12.5. The van der Waals surface area contributed by atoms with Gasteiger partial charge >= 0.3 is 17.7 Å². The topological polar surface area (TPSA) is 96.2 Å². The van der Waals surface area contributed by atoms with Crippen LogP contribution in [0, 0.1) is 0 Å². The summed E-state index contributed by atoms with van der Waals surface area (Å²) in [7, 11) is -0.853. The van der Waals surface area contributed by atoms with Crippen molar-refractivity contribution in [2.75, 3.05) is 41.1 Å². The van der Waals surface area contributed by atoms with E-state index in [0.717, 1.165) is 12.8 Å². The first-order valence-corrected chi connectivity index (χ1v) is 12.2. The lowest BCUT2D eigenvalue weighted by atomic mass is 10.2. The molecule has 0 saturated heterocycles. The highest BCUT2D eigenvalue weighted by Gasteiger charge is 2.48. The highest BCUT2D eigenvalue weighted by molar-refractivity contribution is 6.66. The van der Waals surface area contributed by atoms with E-state index < -0.39 is 17.7 Å². The van der Waals surface area contributed by atoms with Gasteiger partial charge in [0.1, 0.15) is 0 Å². The first-order chi connectivity index (χ1) is 11.4. The predicted molar refractivity (Wildman–Crippen MR) is 99.2 cm³/mol. The van der Waals surface area contributed by atoms with E-state index in [1.165, 1.54) is 0 Å². The van der Waals surface area contributed by atoms with E-state index in [-0.39, 0.29) is 11.7 Å². The second-order valence-corrected chi connectivity index (χ2v) is 11.4. The molecule has 2 atom stereocenters. The van der Waals surface area contributed by atoms with Crippen LogP contribution >= 0.6 is 0 Å². The van der Waals surface area contributed by atoms with Crippen LogP contribution in [0.25, 0.3) is 0 Å². The summed E-state index contributed by atoms with van der Waals surface area (Å²) in [6, 6.07) is 0. The maximum absolute atomic E-state index is 6.13. The number of hydrogen-bond acceptors (Lipinski definition) is 8. The number of rotatable bonds is 15. The van der Waals surface area contributed by atoms with Crippen molar-refractivity contribution in [2.24, 2.45) is 5.73 Å². The van der Waals surface area contributed by atoms with Gasteiger partial charge < -0.3 is 27.9 Å². The molecular weight excluding hydrogens is 346 g/mol. The van der Waals surface area contributed by atoms with Gasteiger partial charge in [-0.1, -0.05) is 6.92 Å². The maximum atomic E-state index is 6.13. The van der Waals surface area contributed by atoms with Crippen LogP contribution in [0.4, 0.5) is 0 Å². The number of hydrogen-bond donors (Lipinski definition) is 3. The Labute approximate surface area is 149 Å². The number of nitrogens with two attached hydrogens (primary N) is 1. The molecular formula is C14H37N3O5Si2. The molecule has 0 aromatic heterocycles. The molecule has 24 heavy (non-hydrogen) atoms. The van der Waals surface area contributed by atoms with Gasteiger partial charge in [-0.25, -0.2) is 0 Å². The third-order valence-corrected chi connectivity index (χ3v) is 10.1. The van der Waals surface area contributed by atoms with Crippen molar-refractivity contribution in [3.63, 3.8) is 0 Å². The standard InChI is InChI=1S/C14H37N3O5Si2/c1-8-21-23(22-9-2,13(3)11-10-12-15)16-14(4)17-24(18-5,19-6)20-7/h13-14,16-17H,8-12,15H2,1-7H3. The highest BCUT2D eigenvalue weighted by Crippen LogP contribution is 2.27. The molecule has 146 valence electrons. The summed E-state index contributed by atoms with van der Waals surface area (Å²) in [6.45, 7) is 9.92. The van der Waals surface area contributed by atoms with E-state index in [2.05, 4.69) is 16.9 Å². The first-order valence-electron chi connectivity index (χ1n) is 8.57. The summed E-state index contributed by atoms with van der Waals surface area (Å²) in [5.41, 5.74) is 5.91. The van der Waals surface area contributed by atoms with Gasteiger partial charge in [0.25, 0.3) is 0 Å². The zero-order valence-electron chi connectivity index (χ0n) is 16.3. The Kier molecular flexibility index (Phi) is 12.5. The number of nitrogens with one attached hydrogen (secondary N) is 2. The third kappa shape index (κ3) is 7.16. The molecule has 0 aliphatic carbocycles. The van der Waals surface area contributed by atoms with E-state index in [1.807, 2.05) is 20.8 Å². The van der Waals surface area contributed by atoms with E-state index in [4.69, 9.17) is 27.9 Å². The molecule has 0 spiro atoms. The molecule has 8 nitrogen and oxygen atoms in total. The molecule has 0 saturated carbocycles. The average Bonchev–Trinajstić information content (AvgIpc) is 2.57. The molecule has 0 heterocycles.